The van der Waals surface area contributed by atoms with Crippen molar-refractivity contribution >= 4 is 5.97 Å². The number of carboxylic acid groups (broad SMARTS) is 1. The van der Waals surface area contributed by atoms with Gasteiger partial charge >= 0.3 is 12.1 Å². The molecule has 0 saturated heterocycles. The molecule has 1 aliphatic rings. The summed E-state index contributed by atoms with van der Waals surface area (Å²) in [7, 11) is 0. The number of hydrogen-bond donors (Lipinski definition) is 1. The molecule has 33 heavy (non-hydrogen) atoms. The number of aliphatic carboxylic acids is 1. The number of ether oxygens (including phenoxy) is 2. The molecule has 7 heteroatoms. The van der Waals surface area contributed by atoms with Crippen molar-refractivity contribution in [2.24, 2.45) is 0 Å². The van der Waals surface area contributed by atoms with Crippen molar-refractivity contribution in [2.45, 2.75) is 44.6 Å². The van der Waals surface area contributed by atoms with E-state index in [9.17, 15) is 18.0 Å². The lowest BCUT2D eigenvalue weighted by molar-refractivity contribution is -0.138. The summed E-state index contributed by atoms with van der Waals surface area (Å²) in [6.07, 6.45) is -2.49. The van der Waals surface area contributed by atoms with Crippen LogP contribution in [0.4, 0.5) is 13.2 Å². The zero-order valence-corrected chi connectivity index (χ0v) is 17.8. The summed E-state index contributed by atoms with van der Waals surface area (Å²) in [5.74, 6) is 0.648. The van der Waals surface area contributed by atoms with Gasteiger partial charge in [-0.15, -0.1) is 0 Å². The molecule has 0 aromatic heterocycles. The first-order valence-corrected chi connectivity index (χ1v) is 10.6. The Hall–Kier alpha value is -3.48. The maximum Gasteiger partial charge on any atom is 0.416 e. The molecule has 3 aromatic carbocycles. The molecule has 1 atom stereocenters. The van der Waals surface area contributed by atoms with E-state index in [1.807, 2.05) is 30.3 Å². The van der Waals surface area contributed by atoms with Gasteiger partial charge in [0.1, 0.15) is 24.7 Å². The van der Waals surface area contributed by atoms with Gasteiger partial charge in [-0.05, 0) is 77.4 Å². The minimum Gasteiger partial charge on any atom is -0.489 e. The lowest BCUT2D eigenvalue weighted by Crippen LogP contribution is -2.05. The SMILES string of the molecule is O=C(O)CC1CCc2cc(OCc3ccc(OCc4ccc(C(F)(F)F)cc4)cc3)ccc21. The molecule has 1 N–H and O–H groups in total. The molecule has 0 spiro atoms. The summed E-state index contributed by atoms with van der Waals surface area (Å²) in [5.41, 5.74) is 3.16. The van der Waals surface area contributed by atoms with Crippen LogP contribution in [-0.2, 0) is 30.6 Å². The second kappa shape index (κ2) is 9.57. The summed E-state index contributed by atoms with van der Waals surface area (Å²) >= 11 is 0. The predicted octanol–water partition coefficient (Wildman–Crippen LogP) is 6.37. The number of rotatable bonds is 8. The molecule has 3 aromatic rings. The molecule has 1 aliphatic carbocycles. The van der Waals surface area contributed by atoms with Gasteiger partial charge in [0.05, 0.1) is 12.0 Å². The Bertz CT molecular complexity index is 1110. The molecule has 172 valence electrons. The first-order valence-electron chi connectivity index (χ1n) is 10.6. The smallest absolute Gasteiger partial charge is 0.416 e. The third kappa shape index (κ3) is 5.86. The Kier molecular flexibility index (Phi) is 6.58. The molecular formula is C26H23F3O4. The number of fused-ring (bicyclic) bond motifs is 1. The maximum absolute atomic E-state index is 12.6. The predicted molar refractivity (Wildman–Crippen MR) is 116 cm³/mol. The molecule has 0 bridgehead atoms. The van der Waals surface area contributed by atoms with Crippen LogP contribution in [0.2, 0.25) is 0 Å². The summed E-state index contributed by atoms with van der Waals surface area (Å²) < 4.78 is 49.5. The third-order valence-corrected chi connectivity index (χ3v) is 5.75. The Morgan fingerprint density at radius 2 is 1.45 bits per heavy atom. The standard InChI is InChI=1S/C26H23F3O4/c27-26(28,29)21-7-1-17(2-8-21)15-32-22-9-3-18(4-10-22)16-33-23-11-12-24-19(13-23)5-6-20(24)14-25(30)31/h1-4,7-13,20H,5-6,14-16H2,(H,30,31). The van der Waals surface area contributed by atoms with Crippen LogP contribution in [0.1, 0.15) is 46.6 Å². The number of carboxylic acids is 1. The fraction of sp³-hybridized carbons (Fsp3) is 0.269. The molecular weight excluding hydrogens is 433 g/mol. The van der Waals surface area contributed by atoms with Crippen molar-refractivity contribution in [3.63, 3.8) is 0 Å². The highest BCUT2D eigenvalue weighted by atomic mass is 19.4. The second-order valence-electron chi connectivity index (χ2n) is 8.11. The number of alkyl halides is 3. The van der Waals surface area contributed by atoms with Gasteiger partial charge in [-0.2, -0.15) is 13.2 Å². The van der Waals surface area contributed by atoms with E-state index in [-0.39, 0.29) is 18.9 Å². The number of carbonyl (C=O) groups is 1. The first kappa shape index (κ1) is 22.7. The van der Waals surface area contributed by atoms with Gasteiger partial charge in [0.15, 0.2) is 0 Å². The summed E-state index contributed by atoms with van der Waals surface area (Å²) in [5, 5.41) is 9.04. The molecule has 0 heterocycles. The quantitative estimate of drug-likeness (QED) is 0.428. The van der Waals surface area contributed by atoms with Crippen LogP contribution in [-0.4, -0.2) is 11.1 Å². The lowest BCUT2D eigenvalue weighted by atomic mass is 9.98. The maximum atomic E-state index is 12.6. The molecule has 1 unspecified atom stereocenters. The minimum atomic E-state index is -4.35. The average Bonchev–Trinajstić information content (AvgIpc) is 3.18. The fourth-order valence-corrected chi connectivity index (χ4v) is 4.00. The van der Waals surface area contributed by atoms with Gasteiger partial charge in [-0.1, -0.05) is 30.3 Å². The Morgan fingerprint density at radius 3 is 2.06 bits per heavy atom. The number of benzene rings is 3. The topological polar surface area (TPSA) is 55.8 Å². The highest BCUT2D eigenvalue weighted by Crippen LogP contribution is 2.37. The van der Waals surface area contributed by atoms with Gasteiger partial charge < -0.3 is 14.6 Å². The van der Waals surface area contributed by atoms with E-state index in [1.54, 1.807) is 12.1 Å². The van der Waals surface area contributed by atoms with Crippen molar-refractivity contribution in [3.8, 4) is 11.5 Å². The monoisotopic (exact) mass is 456 g/mol. The Balaban J connectivity index is 1.28. The first-order chi connectivity index (χ1) is 15.8. The zero-order chi connectivity index (χ0) is 23.4. The van der Waals surface area contributed by atoms with E-state index in [4.69, 9.17) is 14.6 Å². The molecule has 0 fully saturated rings. The zero-order valence-electron chi connectivity index (χ0n) is 17.8. The van der Waals surface area contributed by atoms with Crippen LogP contribution >= 0.6 is 0 Å². The van der Waals surface area contributed by atoms with E-state index in [2.05, 4.69) is 0 Å². The summed E-state index contributed by atoms with van der Waals surface area (Å²) in [6, 6.07) is 18.1. The average molecular weight is 456 g/mol. The van der Waals surface area contributed by atoms with Crippen molar-refractivity contribution < 1.29 is 32.5 Å². The van der Waals surface area contributed by atoms with E-state index in [1.165, 1.54) is 12.1 Å². The largest absolute Gasteiger partial charge is 0.489 e. The van der Waals surface area contributed by atoms with E-state index >= 15 is 0 Å². The highest BCUT2D eigenvalue weighted by Gasteiger charge is 2.30. The minimum absolute atomic E-state index is 0.0710. The third-order valence-electron chi connectivity index (χ3n) is 5.75. The van der Waals surface area contributed by atoms with Crippen LogP contribution in [0.3, 0.4) is 0 Å². The summed E-state index contributed by atoms with van der Waals surface area (Å²) in [6.45, 7) is 0.544. The van der Waals surface area contributed by atoms with Gasteiger partial charge in [0.25, 0.3) is 0 Å². The molecule has 0 saturated carbocycles. The Labute approximate surface area is 189 Å². The van der Waals surface area contributed by atoms with Gasteiger partial charge in [-0.3, -0.25) is 4.79 Å². The van der Waals surface area contributed by atoms with Gasteiger partial charge in [-0.25, -0.2) is 0 Å². The van der Waals surface area contributed by atoms with Crippen LogP contribution in [0.15, 0.2) is 66.7 Å². The van der Waals surface area contributed by atoms with Gasteiger partial charge in [0, 0.05) is 0 Å². The highest BCUT2D eigenvalue weighted by molar-refractivity contribution is 5.68. The number of hydrogen-bond acceptors (Lipinski definition) is 3. The van der Waals surface area contributed by atoms with Crippen LogP contribution in [0, 0.1) is 0 Å². The molecule has 0 radical (unpaired) electrons. The van der Waals surface area contributed by atoms with Crippen molar-refractivity contribution in [3.05, 3.63) is 94.5 Å². The normalized spacial score (nSPS) is 15.2. The second-order valence-corrected chi connectivity index (χ2v) is 8.11. The van der Waals surface area contributed by atoms with E-state index < -0.39 is 17.7 Å². The van der Waals surface area contributed by atoms with E-state index in [0.717, 1.165) is 47.4 Å². The number of halogens is 3. The molecule has 4 rings (SSSR count). The Morgan fingerprint density at radius 1 is 0.879 bits per heavy atom. The van der Waals surface area contributed by atoms with Crippen LogP contribution in [0.25, 0.3) is 0 Å². The lowest BCUT2D eigenvalue weighted by Gasteiger charge is -2.12. The van der Waals surface area contributed by atoms with Crippen molar-refractivity contribution in [2.75, 3.05) is 0 Å². The van der Waals surface area contributed by atoms with Crippen LogP contribution < -0.4 is 9.47 Å². The molecule has 4 nitrogen and oxygen atoms in total. The van der Waals surface area contributed by atoms with Crippen LogP contribution in [0.5, 0.6) is 11.5 Å². The number of aryl methyl sites for hydroxylation is 1. The van der Waals surface area contributed by atoms with Crippen molar-refractivity contribution in [1.82, 2.24) is 0 Å². The van der Waals surface area contributed by atoms with Crippen molar-refractivity contribution in [1.29, 1.82) is 0 Å². The van der Waals surface area contributed by atoms with Gasteiger partial charge in [0.2, 0.25) is 0 Å². The fourth-order valence-electron chi connectivity index (χ4n) is 4.00. The molecule has 0 amide bonds. The summed E-state index contributed by atoms with van der Waals surface area (Å²) in [4.78, 5) is 11.0. The van der Waals surface area contributed by atoms with E-state index in [0.29, 0.717) is 17.9 Å². The molecule has 0 aliphatic heterocycles.